The molecule has 0 aliphatic carbocycles. The molecule has 1 heterocycles. The molecule has 0 bridgehead atoms. The van der Waals surface area contributed by atoms with Crippen molar-refractivity contribution in [2.45, 2.75) is 38.7 Å². The number of aromatic nitrogens is 1. The maximum atomic E-state index is 14.6. The van der Waals surface area contributed by atoms with Gasteiger partial charge in [0.1, 0.15) is 22.9 Å². The first-order chi connectivity index (χ1) is 20.3. The van der Waals surface area contributed by atoms with E-state index in [-0.39, 0.29) is 17.7 Å². The number of nitrogens with zero attached hydrogens (tertiary/aromatic N) is 1. The van der Waals surface area contributed by atoms with E-state index in [1.807, 2.05) is 12.1 Å². The zero-order valence-electron chi connectivity index (χ0n) is 22.1. The lowest BCUT2D eigenvalue weighted by atomic mass is 10.1. The molecule has 0 unspecified atom stereocenters. The van der Waals surface area contributed by atoms with Crippen molar-refractivity contribution >= 4 is 0 Å². The number of hydrogen-bond acceptors (Lipinski definition) is 3. The average molecular weight is 609 g/mol. The fraction of sp³-hybridized carbons (Fsp3) is 0.194. The van der Waals surface area contributed by atoms with E-state index in [0.717, 1.165) is 36.1 Å². The molecule has 0 fully saturated rings. The molecule has 12 heteroatoms. The Morgan fingerprint density at radius 3 is 1.86 bits per heavy atom. The van der Waals surface area contributed by atoms with E-state index in [9.17, 15) is 39.5 Å². The van der Waals surface area contributed by atoms with Crippen LogP contribution in [0.25, 0.3) is 11.3 Å². The number of ether oxygens (including phenoxy) is 2. The molecule has 0 radical (unpaired) electrons. The van der Waals surface area contributed by atoms with Gasteiger partial charge in [-0.2, -0.15) is 8.78 Å². The molecule has 4 aromatic rings. The minimum atomic E-state index is -5.48. The van der Waals surface area contributed by atoms with Crippen molar-refractivity contribution in [2.75, 3.05) is 0 Å². The summed E-state index contributed by atoms with van der Waals surface area (Å²) in [4.78, 5) is 4.45. The van der Waals surface area contributed by atoms with Crippen LogP contribution in [0, 0.1) is 35.1 Å². The van der Waals surface area contributed by atoms with E-state index in [4.69, 9.17) is 0 Å². The first kappa shape index (κ1) is 31.3. The largest absolute Gasteiger partial charge is 0.573 e. The number of pyridine rings is 1. The Kier molecular flexibility index (Phi) is 9.23. The molecule has 3 nitrogen and oxygen atoms in total. The molecule has 43 heavy (non-hydrogen) atoms. The van der Waals surface area contributed by atoms with Crippen LogP contribution in [0.1, 0.15) is 42.0 Å². The molecular formula is C31H20F9NO2. The van der Waals surface area contributed by atoms with E-state index in [2.05, 4.69) is 33.2 Å². The maximum Gasteiger partial charge on any atom is 0.573 e. The fourth-order valence-corrected chi connectivity index (χ4v) is 3.92. The second kappa shape index (κ2) is 12.7. The standard InChI is InChI=1S/C31H20F9NO2/c1-2-3-4-19-9-12-27(41-17-19)21-10-7-18(8-11-21)5-6-20-13-23(32)28(24(33)14-20)30(36,37)42-22-15-25(34)29(26(35)16-22)43-31(38,39)40/h7-17H,2-4H2,1H3. The third kappa shape index (κ3) is 8.00. The second-order valence-corrected chi connectivity index (χ2v) is 9.18. The highest BCUT2D eigenvalue weighted by Crippen LogP contribution is 2.38. The molecule has 0 amide bonds. The van der Waals surface area contributed by atoms with Crippen molar-refractivity contribution < 1.29 is 49.0 Å². The zero-order chi connectivity index (χ0) is 31.4. The Bertz CT molecular complexity index is 1610. The van der Waals surface area contributed by atoms with Crippen LogP contribution >= 0.6 is 0 Å². The number of benzene rings is 3. The first-order valence-corrected chi connectivity index (χ1v) is 12.6. The highest BCUT2D eigenvalue weighted by molar-refractivity contribution is 5.60. The Balaban J connectivity index is 1.50. The normalized spacial score (nSPS) is 11.6. The summed E-state index contributed by atoms with van der Waals surface area (Å²) in [6.45, 7) is 2.10. The molecule has 3 aromatic carbocycles. The van der Waals surface area contributed by atoms with Gasteiger partial charge in [0.2, 0.25) is 5.75 Å². The lowest BCUT2D eigenvalue weighted by molar-refractivity contribution is -0.276. The predicted octanol–water partition coefficient (Wildman–Crippen LogP) is 9.07. The van der Waals surface area contributed by atoms with Crippen LogP contribution in [0.15, 0.2) is 66.9 Å². The fourth-order valence-electron chi connectivity index (χ4n) is 3.92. The molecule has 4 rings (SSSR count). The van der Waals surface area contributed by atoms with Gasteiger partial charge in [0, 0.05) is 35.0 Å². The van der Waals surface area contributed by atoms with Crippen LogP contribution in [-0.4, -0.2) is 11.3 Å². The van der Waals surface area contributed by atoms with Crippen LogP contribution in [0.4, 0.5) is 39.5 Å². The van der Waals surface area contributed by atoms with Crippen molar-refractivity contribution in [1.29, 1.82) is 0 Å². The summed E-state index contributed by atoms with van der Waals surface area (Å²) in [6, 6.07) is 11.5. The van der Waals surface area contributed by atoms with Gasteiger partial charge in [-0.3, -0.25) is 4.98 Å². The van der Waals surface area contributed by atoms with E-state index in [1.54, 1.807) is 30.5 Å². The minimum absolute atomic E-state index is 0.0579. The van der Waals surface area contributed by atoms with Crippen LogP contribution in [0.5, 0.6) is 11.5 Å². The average Bonchev–Trinajstić information content (AvgIpc) is 2.92. The number of aryl methyl sites for hydroxylation is 1. The molecule has 1 aromatic heterocycles. The molecule has 224 valence electrons. The Morgan fingerprint density at radius 2 is 1.33 bits per heavy atom. The number of halogens is 9. The molecule has 0 aliphatic rings. The van der Waals surface area contributed by atoms with E-state index in [0.29, 0.717) is 17.7 Å². The molecule has 0 atom stereocenters. The zero-order valence-corrected chi connectivity index (χ0v) is 22.1. The van der Waals surface area contributed by atoms with Crippen LogP contribution in [0.3, 0.4) is 0 Å². The second-order valence-electron chi connectivity index (χ2n) is 9.18. The summed E-state index contributed by atoms with van der Waals surface area (Å²) in [5.74, 6) is -5.84. The van der Waals surface area contributed by atoms with Gasteiger partial charge in [-0.15, -0.1) is 13.2 Å². The first-order valence-electron chi connectivity index (χ1n) is 12.6. The monoisotopic (exact) mass is 609 g/mol. The van der Waals surface area contributed by atoms with Gasteiger partial charge in [0.05, 0.1) is 5.69 Å². The van der Waals surface area contributed by atoms with Crippen LogP contribution < -0.4 is 9.47 Å². The molecule has 0 spiro atoms. The Labute approximate surface area is 239 Å². The van der Waals surface area contributed by atoms with Crippen LogP contribution in [-0.2, 0) is 12.5 Å². The number of unbranched alkanes of at least 4 members (excludes halogenated alkanes) is 1. The summed E-state index contributed by atoms with van der Waals surface area (Å²) >= 11 is 0. The summed E-state index contributed by atoms with van der Waals surface area (Å²) in [5, 5.41) is 0. The third-order valence-corrected chi connectivity index (χ3v) is 5.94. The smallest absolute Gasteiger partial charge is 0.429 e. The molecule has 0 saturated heterocycles. The Hall–Kier alpha value is -4.66. The van der Waals surface area contributed by atoms with E-state index >= 15 is 0 Å². The van der Waals surface area contributed by atoms with E-state index < -0.39 is 52.8 Å². The van der Waals surface area contributed by atoms with Gasteiger partial charge in [-0.1, -0.05) is 43.4 Å². The summed E-state index contributed by atoms with van der Waals surface area (Å²) < 4.78 is 130. The van der Waals surface area contributed by atoms with Crippen molar-refractivity contribution in [3.63, 3.8) is 0 Å². The lowest BCUT2D eigenvalue weighted by Crippen LogP contribution is -2.25. The molecular weight excluding hydrogens is 589 g/mol. The summed E-state index contributed by atoms with van der Waals surface area (Å²) in [6.07, 6.45) is -5.44. The minimum Gasteiger partial charge on any atom is -0.429 e. The predicted molar refractivity (Wildman–Crippen MR) is 138 cm³/mol. The van der Waals surface area contributed by atoms with Crippen molar-refractivity contribution in [3.05, 3.63) is 112 Å². The Morgan fingerprint density at radius 1 is 0.721 bits per heavy atom. The van der Waals surface area contributed by atoms with Gasteiger partial charge < -0.3 is 9.47 Å². The summed E-state index contributed by atoms with van der Waals surface area (Å²) in [5.41, 5.74) is 0.890. The van der Waals surface area contributed by atoms with Crippen LogP contribution in [0.2, 0.25) is 0 Å². The van der Waals surface area contributed by atoms with Crippen molar-refractivity contribution in [1.82, 2.24) is 4.98 Å². The van der Waals surface area contributed by atoms with Crippen molar-refractivity contribution in [2.24, 2.45) is 0 Å². The third-order valence-electron chi connectivity index (χ3n) is 5.94. The van der Waals surface area contributed by atoms with Gasteiger partial charge in [-0.25, -0.2) is 17.6 Å². The number of hydrogen-bond donors (Lipinski definition) is 0. The molecule has 0 N–H and O–H groups in total. The highest BCUT2D eigenvalue weighted by Gasteiger charge is 2.42. The lowest BCUT2D eigenvalue weighted by Gasteiger charge is -2.20. The quantitative estimate of drug-likeness (QED) is 0.148. The SMILES string of the molecule is CCCCc1ccc(-c2ccc(C#Cc3cc(F)c(C(F)(F)Oc4cc(F)c(OC(F)(F)F)c(F)c4)c(F)c3)cc2)nc1. The van der Waals surface area contributed by atoms with Gasteiger partial charge >= 0.3 is 12.5 Å². The van der Waals surface area contributed by atoms with Gasteiger partial charge in [0.25, 0.3) is 0 Å². The van der Waals surface area contributed by atoms with Crippen molar-refractivity contribution in [3.8, 4) is 34.6 Å². The van der Waals surface area contributed by atoms with Gasteiger partial charge in [-0.05, 0) is 48.7 Å². The summed E-state index contributed by atoms with van der Waals surface area (Å²) in [7, 11) is 0. The highest BCUT2D eigenvalue weighted by atomic mass is 19.4. The van der Waals surface area contributed by atoms with Gasteiger partial charge in [0.15, 0.2) is 11.6 Å². The molecule has 0 saturated carbocycles. The van der Waals surface area contributed by atoms with E-state index in [1.165, 1.54) is 0 Å². The topological polar surface area (TPSA) is 31.4 Å². The molecule has 0 aliphatic heterocycles. The number of rotatable bonds is 8. The maximum absolute atomic E-state index is 14.6. The number of alkyl halides is 5.